The van der Waals surface area contributed by atoms with Crippen LogP contribution in [0.1, 0.15) is 45.4 Å². The summed E-state index contributed by atoms with van der Waals surface area (Å²) in [4.78, 5) is 44.9. The summed E-state index contributed by atoms with van der Waals surface area (Å²) in [5.41, 5.74) is 0.465. The van der Waals surface area contributed by atoms with Crippen molar-refractivity contribution >= 4 is 11.8 Å². The van der Waals surface area contributed by atoms with Crippen LogP contribution in [0.5, 0.6) is 0 Å². The molecule has 2 aromatic heterocycles. The monoisotopic (exact) mass is 341 g/mol. The molecule has 3 heterocycles. The first-order chi connectivity index (χ1) is 12.0. The Morgan fingerprint density at radius 3 is 2.72 bits per heavy atom. The Labute approximate surface area is 143 Å². The van der Waals surface area contributed by atoms with Crippen LogP contribution in [0.3, 0.4) is 0 Å². The first-order valence-corrected chi connectivity index (χ1v) is 8.33. The van der Waals surface area contributed by atoms with Crippen molar-refractivity contribution in [3.8, 4) is 0 Å². The molecule has 1 saturated carbocycles. The Morgan fingerprint density at radius 2 is 2.08 bits per heavy atom. The van der Waals surface area contributed by atoms with E-state index in [9.17, 15) is 14.4 Å². The number of carbonyl (C=O) groups excluding carboxylic acids is 2. The van der Waals surface area contributed by atoms with Gasteiger partial charge < -0.3 is 19.8 Å². The van der Waals surface area contributed by atoms with Gasteiger partial charge >= 0.3 is 0 Å². The standard InChI is InChI=1S/C17H19N5O3/c1-21-5-4-11(7-21)17(25)22-8-12(9-22)18-16(24)13-6-14(23)20-15(19-13)10-2-3-10/h4-7,10,12H,2-3,8-9H2,1H3,(H,18,24)(H,19,20,23). The average Bonchev–Trinajstić information content (AvgIpc) is 3.30. The lowest BCUT2D eigenvalue weighted by atomic mass is 10.1. The van der Waals surface area contributed by atoms with E-state index in [0.717, 1.165) is 12.8 Å². The molecule has 1 saturated heterocycles. The fourth-order valence-corrected chi connectivity index (χ4v) is 2.95. The van der Waals surface area contributed by atoms with Gasteiger partial charge in [0, 0.05) is 44.5 Å². The van der Waals surface area contributed by atoms with Crippen LogP contribution in [0.15, 0.2) is 29.3 Å². The zero-order chi connectivity index (χ0) is 17.6. The molecule has 130 valence electrons. The number of rotatable bonds is 4. The number of amides is 2. The van der Waals surface area contributed by atoms with Gasteiger partial charge in [0.05, 0.1) is 11.6 Å². The van der Waals surface area contributed by atoms with Gasteiger partial charge in [-0.3, -0.25) is 14.4 Å². The van der Waals surface area contributed by atoms with Crippen LogP contribution in [0.25, 0.3) is 0 Å². The molecule has 0 radical (unpaired) electrons. The van der Waals surface area contributed by atoms with E-state index >= 15 is 0 Å². The van der Waals surface area contributed by atoms with Crippen LogP contribution in [0.2, 0.25) is 0 Å². The molecule has 8 heteroatoms. The molecule has 2 amide bonds. The summed E-state index contributed by atoms with van der Waals surface area (Å²) in [5, 5.41) is 2.83. The molecule has 1 aliphatic heterocycles. The molecule has 0 spiro atoms. The van der Waals surface area contributed by atoms with Crippen molar-refractivity contribution < 1.29 is 9.59 Å². The quantitative estimate of drug-likeness (QED) is 0.832. The van der Waals surface area contributed by atoms with Crippen molar-refractivity contribution in [2.75, 3.05) is 13.1 Å². The molecule has 2 aliphatic rings. The lowest BCUT2D eigenvalue weighted by molar-refractivity contribution is 0.0541. The predicted octanol–water partition coefficient (Wildman–Crippen LogP) is 0.240. The summed E-state index contributed by atoms with van der Waals surface area (Å²) in [7, 11) is 1.86. The van der Waals surface area contributed by atoms with Gasteiger partial charge in [0.2, 0.25) is 0 Å². The molecule has 0 aromatic carbocycles. The molecule has 0 unspecified atom stereocenters. The first-order valence-electron chi connectivity index (χ1n) is 8.33. The van der Waals surface area contributed by atoms with Crippen molar-refractivity contribution in [1.29, 1.82) is 0 Å². The molecule has 2 fully saturated rings. The van der Waals surface area contributed by atoms with Crippen LogP contribution in [-0.2, 0) is 7.05 Å². The number of nitrogens with zero attached hydrogens (tertiary/aromatic N) is 3. The molecule has 0 atom stereocenters. The SMILES string of the molecule is Cn1ccc(C(=O)N2CC(NC(=O)c3cc(=O)[nH]c(C4CC4)n3)C2)c1. The van der Waals surface area contributed by atoms with Gasteiger partial charge in [-0.1, -0.05) is 0 Å². The first kappa shape index (κ1) is 15.6. The van der Waals surface area contributed by atoms with Gasteiger partial charge in [0.1, 0.15) is 11.5 Å². The minimum Gasteiger partial charge on any atom is -0.356 e. The summed E-state index contributed by atoms with van der Waals surface area (Å²) < 4.78 is 1.82. The zero-order valence-electron chi connectivity index (χ0n) is 13.9. The lowest BCUT2D eigenvalue weighted by Crippen LogP contribution is -2.61. The highest BCUT2D eigenvalue weighted by Crippen LogP contribution is 2.37. The van der Waals surface area contributed by atoms with E-state index in [1.807, 2.05) is 17.8 Å². The topological polar surface area (TPSA) is 100 Å². The minimum absolute atomic E-state index is 0.0450. The summed E-state index contributed by atoms with van der Waals surface area (Å²) in [6.07, 6.45) is 5.58. The number of aryl methyl sites for hydroxylation is 1. The fraction of sp³-hybridized carbons (Fsp3) is 0.412. The Hall–Kier alpha value is -2.90. The minimum atomic E-state index is -0.371. The van der Waals surface area contributed by atoms with E-state index in [-0.39, 0.29) is 35.0 Å². The number of hydrogen-bond acceptors (Lipinski definition) is 4. The second kappa shape index (κ2) is 5.87. The molecule has 1 aliphatic carbocycles. The van der Waals surface area contributed by atoms with Gasteiger partial charge in [-0.05, 0) is 18.9 Å². The van der Waals surface area contributed by atoms with Crippen LogP contribution in [-0.4, -0.2) is 50.4 Å². The number of aromatic nitrogens is 3. The Morgan fingerprint density at radius 1 is 1.32 bits per heavy atom. The van der Waals surface area contributed by atoms with Gasteiger partial charge in [0.15, 0.2) is 0 Å². The van der Waals surface area contributed by atoms with Crippen molar-refractivity contribution in [1.82, 2.24) is 24.8 Å². The fourth-order valence-electron chi connectivity index (χ4n) is 2.95. The normalized spacial score (nSPS) is 17.2. The number of H-pyrrole nitrogens is 1. The summed E-state index contributed by atoms with van der Waals surface area (Å²) in [6, 6.07) is 2.87. The van der Waals surface area contributed by atoms with Gasteiger partial charge in [-0.15, -0.1) is 0 Å². The van der Waals surface area contributed by atoms with Crippen molar-refractivity contribution in [3.63, 3.8) is 0 Å². The van der Waals surface area contributed by atoms with Crippen LogP contribution >= 0.6 is 0 Å². The maximum absolute atomic E-state index is 12.3. The maximum atomic E-state index is 12.3. The molecular formula is C17H19N5O3. The van der Waals surface area contributed by atoms with Crippen LogP contribution in [0, 0.1) is 0 Å². The number of likely N-dealkylation sites (tertiary alicyclic amines) is 1. The summed E-state index contributed by atoms with van der Waals surface area (Å²) in [5.74, 6) is 0.441. The van der Waals surface area contributed by atoms with Crippen LogP contribution < -0.4 is 10.9 Å². The molecule has 2 N–H and O–H groups in total. The van der Waals surface area contributed by atoms with Gasteiger partial charge in [0.25, 0.3) is 17.4 Å². The molecule has 0 bridgehead atoms. The number of nitrogens with one attached hydrogen (secondary N) is 2. The smallest absolute Gasteiger partial charge is 0.270 e. The third-order valence-electron chi connectivity index (χ3n) is 4.54. The second-order valence-corrected chi connectivity index (χ2v) is 6.74. The third-order valence-corrected chi connectivity index (χ3v) is 4.54. The van der Waals surface area contributed by atoms with E-state index in [2.05, 4.69) is 15.3 Å². The highest BCUT2D eigenvalue weighted by atomic mass is 16.2. The van der Waals surface area contributed by atoms with E-state index in [4.69, 9.17) is 0 Å². The highest BCUT2D eigenvalue weighted by Gasteiger charge is 2.33. The Bertz CT molecular complexity index is 890. The summed E-state index contributed by atoms with van der Waals surface area (Å²) >= 11 is 0. The van der Waals surface area contributed by atoms with E-state index < -0.39 is 0 Å². The number of aromatic amines is 1. The Kier molecular flexibility index (Phi) is 3.67. The third kappa shape index (κ3) is 3.19. The molecule has 4 rings (SSSR count). The van der Waals surface area contributed by atoms with Crippen molar-refractivity contribution in [3.05, 3.63) is 52.0 Å². The second-order valence-electron chi connectivity index (χ2n) is 6.74. The zero-order valence-corrected chi connectivity index (χ0v) is 13.9. The lowest BCUT2D eigenvalue weighted by Gasteiger charge is -2.39. The van der Waals surface area contributed by atoms with Crippen LogP contribution in [0.4, 0.5) is 0 Å². The number of hydrogen-bond donors (Lipinski definition) is 2. The Balaban J connectivity index is 1.35. The number of carbonyl (C=O) groups is 2. The van der Waals surface area contributed by atoms with Gasteiger partial charge in [-0.25, -0.2) is 4.98 Å². The van der Waals surface area contributed by atoms with E-state index in [1.54, 1.807) is 17.2 Å². The summed E-state index contributed by atoms with van der Waals surface area (Å²) in [6.45, 7) is 0.913. The van der Waals surface area contributed by atoms with Crippen molar-refractivity contribution in [2.45, 2.75) is 24.8 Å². The van der Waals surface area contributed by atoms with Gasteiger partial charge in [-0.2, -0.15) is 0 Å². The van der Waals surface area contributed by atoms with Crippen molar-refractivity contribution in [2.24, 2.45) is 7.05 Å². The highest BCUT2D eigenvalue weighted by molar-refractivity contribution is 5.95. The largest absolute Gasteiger partial charge is 0.356 e. The van der Waals surface area contributed by atoms with E-state index in [1.165, 1.54) is 6.07 Å². The molecular weight excluding hydrogens is 322 g/mol. The van der Waals surface area contributed by atoms with E-state index in [0.29, 0.717) is 24.5 Å². The predicted molar refractivity (Wildman–Crippen MR) is 89.4 cm³/mol. The molecule has 25 heavy (non-hydrogen) atoms. The maximum Gasteiger partial charge on any atom is 0.270 e. The molecule has 8 nitrogen and oxygen atoms in total. The molecule has 2 aromatic rings. The average molecular weight is 341 g/mol.